The first-order valence-corrected chi connectivity index (χ1v) is 12.0. The Morgan fingerprint density at radius 1 is 0.892 bits per heavy atom. The number of nitrogens with one attached hydrogen (secondary N) is 3. The fraction of sp³-hybridized carbons (Fsp3) is 0.286. The van der Waals surface area contributed by atoms with E-state index in [2.05, 4.69) is 16.0 Å². The molecule has 0 saturated heterocycles. The van der Waals surface area contributed by atoms with Crippen LogP contribution in [0.5, 0.6) is 5.75 Å². The Morgan fingerprint density at radius 3 is 2.05 bits per heavy atom. The fourth-order valence-corrected chi connectivity index (χ4v) is 3.53. The monoisotopic (exact) mass is 506 g/mol. The number of rotatable bonds is 12. The van der Waals surface area contributed by atoms with Gasteiger partial charge in [-0.25, -0.2) is 4.79 Å². The topological polar surface area (TPSA) is 123 Å². The minimum atomic E-state index is -0.719. The van der Waals surface area contributed by atoms with E-state index in [1.807, 2.05) is 42.5 Å². The highest BCUT2D eigenvalue weighted by Crippen LogP contribution is 2.14. The zero-order valence-electron chi connectivity index (χ0n) is 21.1. The average Bonchev–Trinajstić information content (AvgIpc) is 2.91. The molecule has 0 aliphatic rings. The van der Waals surface area contributed by atoms with Gasteiger partial charge in [-0.3, -0.25) is 4.79 Å². The van der Waals surface area contributed by atoms with Crippen molar-refractivity contribution in [1.82, 2.24) is 10.2 Å². The van der Waals surface area contributed by atoms with Gasteiger partial charge in [-0.2, -0.15) is 0 Å². The van der Waals surface area contributed by atoms with Crippen LogP contribution in [0.2, 0.25) is 0 Å². The number of aliphatic hydroxyl groups is 2. The van der Waals surface area contributed by atoms with Crippen LogP contribution in [0.15, 0.2) is 78.9 Å². The fourth-order valence-electron chi connectivity index (χ4n) is 3.53. The SMILES string of the molecule is CN(C)C(=O)c1ccc(NC(=O)Nc2ccc(C[C@@H](CO)NC[C@H](O)COc3ccccc3)cc2)cc1. The first-order chi connectivity index (χ1) is 17.8. The second-order valence-electron chi connectivity index (χ2n) is 8.82. The Hall–Kier alpha value is -3.92. The van der Waals surface area contributed by atoms with Gasteiger partial charge >= 0.3 is 6.03 Å². The van der Waals surface area contributed by atoms with Crippen LogP contribution in [0.4, 0.5) is 16.2 Å². The van der Waals surface area contributed by atoms with Crippen molar-refractivity contribution in [1.29, 1.82) is 0 Å². The first kappa shape index (κ1) is 27.7. The molecule has 0 unspecified atom stereocenters. The summed E-state index contributed by atoms with van der Waals surface area (Å²) in [7, 11) is 3.36. The third kappa shape index (κ3) is 9.23. The first-order valence-electron chi connectivity index (χ1n) is 12.0. The Morgan fingerprint density at radius 2 is 1.49 bits per heavy atom. The second kappa shape index (κ2) is 14.0. The number of hydrogen-bond donors (Lipinski definition) is 5. The van der Waals surface area contributed by atoms with Gasteiger partial charge < -0.3 is 35.8 Å². The Bertz CT molecular complexity index is 1120. The standard InChI is InChI=1S/C28H34N4O5/c1-32(2)27(35)21-10-14-23(15-11-21)31-28(36)30-22-12-8-20(9-13-22)16-24(18-33)29-17-25(34)19-37-26-6-4-3-5-7-26/h3-15,24-25,29,33-34H,16-19H2,1-2H3,(H2,30,31,36)/t24-,25-/m0/s1. The predicted octanol–water partition coefficient (Wildman–Crippen LogP) is 2.97. The quantitative estimate of drug-likeness (QED) is 0.257. The average molecular weight is 507 g/mol. The molecule has 3 aromatic carbocycles. The lowest BCUT2D eigenvalue weighted by Crippen LogP contribution is -2.41. The maximum atomic E-state index is 12.3. The molecule has 0 fully saturated rings. The number of carbonyl (C=O) groups excluding carboxylic acids is 2. The number of ether oxygens (including phenoxy) is 1. The molecule has 0 aliphatic carbocycles. The third-order valence-corrected chi connectivity index (χ3v) is 5.54. The predicted molar refractivity (Wildman–Crippen MR) is 144 cm³/mol. The van der Waals surface area contributed by atoms with E-state index in [-0.39, 0.29) is 31.7 Å². The Labute approximate surface area is 217 Å². The molecule has 0 heterocycles. The highest BCUT2D eigenvalue weighted by atomic mass is 16.5. The summed E-state index contributed by atoms with van der Waals surface area (Å²) in [6.45, 7) is 0.339. The van der Waals surface area contributed by atoms with Gasteiger partial charge in [0.25, 0.3) is 5.91 Å². The molecule has 0 aromatic heterocycles. The zero-order chi connectivity index (χ0) is 26.6. The number of nitrogens with zero attached hydrogens (tertiary/aromatic N) is 1. The van der Waals surface area contributed by atoms with E-state index in [1.54, 1.807) is 50.5 Å². The molecule has 3 aromatic rings. The van der Waals surface area contributed by atoms with Gasteiger partial charge in [0.05, 0.1) is 6.61 Å². The van der Waals surface area contributed by atoms with Crippen LogP contribution in [0, 0.1) is 0 Å². The molecular formula is C28H34N4O5. The summed E-state index contributed by atoms with van der Waals surface area (Å²) in [6, 6.07) is 22.6. The van der Waals surface area contributed by atoms with E-state index in [4.69, 9.17) is 4.74 Å². The van der Waals surface area contributed by atoms with E-state index in [9.17, 15) is 19.8 Å². The summed E-state index contributed by atoms with van der Waals surface area (Å²) in [5.41, 5.74) is 2.69. The summed E-state index contributed by atoms with van der Waals surface area (Å²) in [5, 5.41) is 28.6. The van der Waals surface area contributed by atoms with Crippen LogP contribution in [-0.2, 0) is 6.42 Å². The van der Waals surface area contributed by atoms with Crippen molar-refractivity contribution in [2.24, 2.45) is 0 Å². The van der Waals surface area contributed by atoms with E-state index in [1.165, 1.54) is 4.90 Å². The molecule has 0 aliphatic heterocycles. The summed E-state index contributed by atoms with van der Waals surface area (Å²) in [5.74, 6) is 0.583. The lowest BCUT2D eigenvalue weighted by atomic mass is 10.1. The van der Waals surface area contributed by atoms with Crippen LogP contribution < -0.4 is 20.7 Å². The molecule has 9 nitrogen and oxygen atoms in total. The number of carbonyl (C=O) groups is 2. The maximum Gasteiger partial charge on any atom is 0.323 e. The van der Waals surface area contributed by atoms with E-state index < -0.39 is 12.1 Å². The molecule has 196 valence electrons. The zero-order valence-corrected chi connectivity index (χ0v) is 21.1. The summed E-state index contributed by atoms with van der Waals surface area (Å²) < 4.78 is 5.55. The van der Waals surface area contributed by atoms with E-state index >= 15 is 0 Å². The lowest BCUT2D eigenvalue weighted by Gasteiger charge is -2.19. The molecule has 2 atom stereocenters. The molecule has 0 spiro atoms. The molecular weight excluding hydrogens is 472 g/mol. The van der Waals surface area contributed by atoms with Crippen LogP contribution in [-0.4, -0.2) is 73.1 Å². The number of benzene rings is 3. The third-order valence-electron chi connectivity index (χ3n) is 5.54. The minimum Gasteiger partial charge on any atom is -0.491 e. The van der Waals surface area contributed by atoms with Crippen molar-refractivity contribution in [2.45, 2.75) is 18.6 Å². The van der Waals surface area contributed by atoms with Crippen LogP contribution in [0.1, 0.15) is 15.9 Å². The molecule has 37 heavy (non-hydrogen) atoms. The van der Waals surface area contributed by atoms with Gasteiger partial charge in [-0.05, 0) is 60.5 Å². The highest BCUT2D eigenvalue weighted by molar-refractivity contribution is 6.00. The lowest BCUT2D eigenvalue weighted by molar-refractivity contribution is 0.0827. The molecule has 3 amide bonds. The van der Waals surface area contributed by atoms with Gasteiger partial charge in [0.2, 0.25) is 0 Å². The molecule has 3 rings (SSSR count). The smallest absolute Gasteiger partial charge is 0.323 e. The van der Waals surface area contributed by atoms with E-state index in [0.717, 1.165) is 5.56 Å². The van der Waals surface area contributed by atoms with Crippen LogP contribution in [0.25, 0.3) is 0 Å². The van der Waals surface area contributed by atoms with Gasteiger partial charge in [-0.15, -0.1) is 0 Å². The molecule has 0 bridgehead atoms. The maximum absolute atomic E-state index is 12.3. The molecule has 5 N–H and O–H groups in total. The van der Waals surface area contributed by atoms with Crippen molar-refractivity contribution in [2.75, 3.05) is 44.5 Å². The van der Waals surface area contributed by atoms with Crippen molar-refractivity contribution < 1.29 is 24.5 Å². The van der Waals surface area contributed by atoms with Crippen molar-refractivity contribution in [3.05, 3.63) is 90.0 Å². The number of para-hydroxylation sites is 1. The summed E-state index contributed by atoms with van der Waals surface area (Å²) in [4.78, 5) is 25.8. The Kier molecular flexibility index (Phi) is 10.5. The minimum absolute atomic E-state index is 0.0897. The number of anilines is 2. The van der Waals surface area contributed by atoms with Gasteiger partial charge in [0.15, 0.2) is 0 Å². The van der Waals surface area contributed by atoms with Crippen molar-refractivity contribution >= 4 is 23.3 Å². The number of hydrogen-bond acceptors (Lipinski definition) is 6. The number of urea groups is 1. The van der Waals surface area contributed by atoms with Crippen molar-refractivity contribution in [3.8, 4) is 5.75 Å². The van der Waals surface area contributed by atoms with Gasteiger partial charge in [0.1, 0.15) is 18.5 Å². The van der Waals surface area contributed by atoms with Gasteiger partial charge in [0, 0.05) is 43.6 Å². The molecule has 0 radical (unpaired) electrons. The van der Waals surface area contributed by atoms with Crippen molar-refractivity contribution in [3.63, 3.8) is 0 Å². The normalized spacial score (nSPS) is 12.3. The molecule has 9 heteroatoms. The number of aliphatic hydroxyl groups excluding tert-OH is 2. The summed E-state index contributed by atoms with van der Waals surface area (Å²) in [6.07, 6.45) is -0.170. The highest BCUT2D eigenvalue weighted by Gasteiger charge is 2.13. The largest absolute Gasteiger partial charge is 0.491 e. The van der Waals surface area contributed by atoms with Crippen LogP contribution in [0.3, 0.4) is 0 Å². The second-order valence-corrected chi connectivity index (χ2v) is 8.82. The van der Waals surface area contributed by atoms with Gasteiger partial charge in [-0.1, -0.05) is 30.3 Å². The van der Waals surface area contributed by atoms with E-state index in [0.29, 0.717) is 29.1 Å². The molecule has 0 saturated carbocycles. The Balaban J connectivity index is 1.42. The number of amides is 3. The summed E-state index contributed by atoms with van der Waals surface area (Å²) >= 11 is 0. The van der Waals surface area contributed by atoms with Crippen LogP contribution >= 0.6 is 0 Å².